The summed E-state index contributed by atoms with van der Waals surface area (Å²) < 4.78 is 13.3. The van der Waals surface area contributed by atoms with E-state index in [0.29, 0.717) is 11.6 Å². The van der Waals surface area contributed by atoms with Crippen LogP contribution in [0.25, 0.3) is 0 Å². The Bertz CT molecular complexity index is 407. The van der Waals surface area contributed by atoms with Crippen molar-refractivity contribution in [1.29, 1.82) is 0 Å². The Hall–Kier alpha value is -1.13. The van der Waals surface area contributed by atoms with Crippen LogP contribution in [0.2, 0.25) is 0 Å². The monoisotopic (exact) mass is 252 g/mol. The number of benzene rings is 1. The molecule has 2 rings (SSSR count). The van der Waals surface area contributed by atoms with Crippen molar-refractivity contribution in [3.05, 3.63) is 29.6 Å². The van der Waals surface area contributed by atoms with E-state index in [1.807, 2.05) is 6.92 Å². The lowest BCUT2D eigenvalue weighted by atomic mass is 10.0. The standard InChI is InChI=1S/C14H21FN2O/c1-3-6-17(12-8-16-9-12)10(2)13-7-11(15)4-5-14(13)18/h4-5,7,10,12,16,18H,3,6,8-9H2,1-2H3. The fourth-order valence-electron chi connectivity index (χ4n) is 2.50. The summed E-state index contributed by atoms with van der Waals surface area (Å²) in [6.07, 6.45) is 1.05. The Balaban J connectivity index is 2.20. The van der Waals surface area contributed by atoms with Gasteiger partial charge in [0.25, 0.3) is 0 Å². The highest BCUT2D eigenvalue weighted by atomic mass is 19.1. The summed E-state index contributed by atoms with van der Waals surface area (Å²) in [6.45, 7) is 7.07. The van der Waals surface area contributed by atoms with Crippen molar-refractivity contribution in [1.82, 2.24) is 10.2 Å². The van der Waals surface area contributed by atoms with Crippen LogP contribution < -0.4 is 5.32 Å². The zero-order chi connectivity index (χ0) is 13.1. The van der Waals surface area contributed by atoms with Gasteiger partial charge in [-0.3, -0.25) is 4.90 Å². The van der Waals surface area contributed by atoms with Crippen LogP contribution in [0, 0.1) is 5.82 Å². The van der Waals surface area contributed by atoms with Gasteiger partial charge in [0.05, 0.1) is 0 Å². The van der Waals surface area contributed by atoms with E-state index in [2.05, 4.69) is 17.1 Å². The van der Waals surface area contributed by atoms with E-state index in [4.69, 9.17) is 0 Å². The third-order valence-electron chi connectivity index (χ3n) is 3.65. The molecule has 0 saturated carbocycles. The number of aromatic hydroxyl groups is 1. The molecular formula is C14H21FN2O. The van der Waals surface area contributed by atoms with Gasteiger partial charge >= 0.3 is 0 Å². The molecule has 0 radical (unpaired) electrons. The van der Waals surface area contributed by atoms with Crippen LogP contribution in [0.1, 0.15) is 31.9 Å². The molecule has 1 aromatic carbocycles. The van der Waals surface area contributed by atoms with Gasteiger partial charge in [-0.1, -0.05) is 6.92 Å². The van der Waals surface area contributed by atoms with E-state index in [0.717, 1.165) is 26.1 Å². The van der Waals surface area contributed by atoms with Crippen LogP contribution in [0.15, 0.2) is 18.2 Å². The van der Waals surface area contributed by atoms with Crippen molar-refractivity contribution in [2.75, 3.05) is 19.6 Å². The van der Waals surface area contributed by atoms with Gasteiger partial charge in [0, 0.05) is 30.7 Å². The highest BCUT2D eigenvalue weighted by molar-refractivity contribution is 5.35. The molecule has 1 unspecified atom stereocenters. The van der Waals surface area contributed by atoms with Crippen molar-refractivity contribution in [2.24, 2.45) is 0 Å². The number of phenolic OH excluding ortho intramolecular Hbond substituents is 1. The molecule has 0 amide bonds. The number of hydrogen-bond acceptors (Lipinski definition) is 3. The lowest BCUT2D eigenvalue weighted by molar-refractivity contribution is 0.101. The molecule has 1 aliphatic heterocycles. The second-order valence-electron chi connectivity index (χ2n) is 4.93. The lowest BCUT2D eigenvalue weighted by Gasteiger charge is -2.42. The largest absolute Gasteiger partial charge is 0.508 e. The number of halogens is 1. The summed E-state index contributed by atoms with van der Waals surface area (Å²) in [4.78, 5) is 2.34. The fraction of sp³-hybridized carbons (Fsp3) is 0.571. The molecule has 0 spiro atoms. The van der Waals surface area contributed by atoms with E-state index < -0.39 is 0 Å². The molecule has 2 N–H and O–H groups in total. The molecule has 1 heterocycles. The van der Waals surface area contributed by atoms with E-state index in [9.17, 15) is 9.50 Å². The van der Waals surface area contributed by atoms with E-state index in [1.165, 1.54) is 18.2 Å². The fourth-order valence-corrected chi connectivity index (χ4v) is 2.50. The Morgan fingerprint density at radius 2 is 2.22 bits per heavy atom. The first-order valence-corrected chi connectivity index (χ1v) is 6.58. The summed E-state index contributed by atoms with van der Waals surface area (Å²) in [6, 6.07) is 4.69. The molecular weight excluding hydrogens is 231 g/mol. The summed E-state index contributed by atoms with van der Waals surface area (Å²) >= 11 is 0. The zero-order valence-electron chi connectivity index (χ0n) is 11.0. The van der Waals surface area contributed by atoms with Gasteiger partial charge in [-0.2, -0.15) is 0 Å². The number of hydrogen-bond donors (Lipinski definition) is 2. The van der Waals surface area contributed by atoms with Crippen LogP contribution in [0.3, 0.4) is 0 Å². The van der Waals surface area contributed by atoms with Gasteiger partial charge in [-0.25, -0.2) is 4.39 Å². The molecule has 100 valence electrons. The quantitative estimate of drug-likeness (QED) is 0.844. The summed E-state index contributed by atoms with van der Waals surface area (Å²) in [5.74, 6) is -0.116. The predicted molar refractivity (Wildman–Crippen MR) is 70.1 cm³/mol. The van der Waals surface area contributed by atoms with E-state index in [1.54, 1.807) is 0 Å². The highest BCUT2D eigenvalue weighted by Crippen LogP contribution is 2.31. The van der Waals surface area contributed by atoms with Crippen LogP contribution in [-0.4, -0.2) is 35.7 Å². The molecule has 1 atom stereocenters. The molecule has 0 aromatic heterocycles. The van der Waals surface area contributed by atoms with Crippen molar-refractivity contribution < 1.29 is 9.50 Å². The Labute approximate surface area is 108 Å². The average Bonchev–Trinajstić information content (AvgIpc) is 2.28. The van der Waals surface area contributed by atoms with Crippen LogP contribution in [0.5, 0.6) is 5.75 Å². The van der Waals surface area contributed by atoms with E-state index >= 15 is 0 Å². The van der Waals surface area contributed by atoms with Gasteiger partial charge in [0.1, 0.15) is 11.6 Å². The second kappa shape index (κ2) is 5.67. The topological polar surface area (TPSA) is 35.5 Å². The number of nitrogens with zero attached hydrogens (tertiary/aromatic N) is 1. The number of phenols is 1. The van der Waals surface area contributed by atoms with Crippen LogP contribution in [-0.2, 0) is 0 Å². The van der Waals surface area contributed by atoms with Gasteiger partial charge in [0.15, 0.2) is 0 Å². The first-order valence-electron chi connectivity index (χ1n) is 6.58. The molecule has 0 bridgehead atoms. The molecule has 0 aliphatic carbocycles. The SMILES string of the molecule is CCCN(C1CNC1)C(C)c1cc(F)ccc1O. The second-order valence-corrected chi connectivity index (χ2v) is 4.93. The third kappa shape index (κ3) is 2.65. The smallest absolute Gasteiger partial charge is 0.123 e. The summed E-state index contributed by atoms with van der Waals surface area (Å²) in [5.41, 5.74) is 0.676. The molecule has 4 heteroatoms. The number of rotatable bonds is 5. The maximum absolute atomic E-state index is 13.3. The van der Waals surface area contributed by atoms with Gasteiger partial charge < -0.3 is 10.4 Å². The van der Waals surface area contributed by atoms with Crippen molar-refractivity contribution in [3.63, 3.8) is 0 Å². The maximum Gasteiger partial charge on any atom is 0.123 e. The molecule has 18 heavy (non-hydrogen) atoms. The number of nitrogens with one attached hydrogen (secondary N) is 1. The highest BCUT2D eigenvalue weighted by Gasteiger charge is 2.29. The molecule has 3 nitrogen and oxygen atoms in total. The maximum atomic E-state index is 13.3. The zero-order valence-corrected chi connectivity index (χ0v) is 11.0. The first-order chi connectivity index (χ1) is 8.63. The molecule has 1 aliphatic rings. The Morgan fingerprint density at radius 1 is 1.50 bits per heavy atom. The minimum Gasteiger partial charge on any atom is -0.508 e. The Morgan fingerprint density at radius 3 is 2.78 bits per heavy atom. The van der Waals surface area contributed by atoms with Crippen LogP contribution >= 0.6 is 0 Å². The van der Waals surface area contributed by atoms with E-state index in [-0.39, 0.29) is 17.6 Å². The molecule has 1 fully saturated rings. The lowest BCUT2D eigenvalue weighted by Crippen LogP contribution is -2.57. The van der Waals surface area contributed by atoms with Gasteiger partial charge in [-0.15, -0.1) is 0 Å². The third-order valence-corrected chi connectivity index (χ3v) is 3.65. The summed E-state index contributed by atoms with van der Waals surface area (Å²) in [5, 5.41) is 13.1. The minimum atomic E-state index is -0.294. The first kappa shape index (κ1) is 13.3. The minimum absolute atomic E-state index is 0.0350. The van der Waals surface area contributed by atoms with Gasteiger partial charge in [0.2, 0.25) is 0 Å². The van der Waals surface area contributed by atoms with Gasteiger partial charge in [-0.05, 0) is 38.1 Å². The normalized spacial score (nSPS) is 17.8. The van der Waals surface area contributed by atoms with Crippen molar-refractivity contribution in [3.8, 4) is 5.75 Å². The van der Waals surface area contributed by atoms with Crippen molar-refractivity contribution in [2.45, 2.75) is 32.4 Å². The van der Waals surface area contributed by atoms with Crippen LogP contribution in [0.4, 0.5) is 4.39 Å². The average molecular weight is 252 g/mol. The predicted octanol–water partition coefficient (Wildman–Crippen LogP) is 2.28. The molecule has 1 aromatic rings. The Kier molecular flexibility index (Phi) is 4.19. The van der Waals surface area contributed by atoms with Crippen molar-refractivity contribution >= 4 is 0 Å². The molecule has 1 saturated heterocycles. The summed E-state index contributed by atoms with van der Waals surface area (Å²) in [7, 11) is 0.